The number of hydrogen-bond acceptors (Lipinski definition) is 6. The van der Waals surface area contributed by atoms with Gasteiger partial charge in [0.15, 0.2) is 12.1 Å². The number of nitrogens with zero attached hydrogens (tertiary/aromatic N) is 3. The number of ether oxygens (including phenoxy) is 1. The Morgan fingerprint density at radius 3 is 2.74 bits per heavy atom. The molecule has 7 heteroatoms. The highest BCUT2D eigenvalue weighted by Crippen LogP contribution is 2.21. The van der Waals surface area contributed by atoms with E-state index in [4.69, 9.17) is 4.74 Å². The number of aldehydes is 1. The minimum atomic E-state index is -1.11. The molecule has 130 valence electrons. The summed E-state index contributed by atoms with van der Waals surface area (Å²) in [7, 11) is -1.11. The standard InChI is InChI=1S/C16H29N3O3Si/c1-23(2,3)11-10-22-13-19-12-14(6-4-9-20)17-15(16(19)21)18-7-5-8-18/h9,12,16,21H,4-8,10-11,13H2,1-3H3. The van der Waals surface area contributed by atoms with Crippen molar-refractivity contribution >= 4 is 20.2 Å². The Hall–Kier alpha value is -1.18. The molecule has 1 unspecified atom stereocenters. The number of aliphatic hydroxyl groups excluding tert-OH is 1. The maximum Gasteiger partial charge on any atom is 0.187 e. The highest BCUT2D eigenvalue weighted by Gasteiger charge is 2.31. The molecular weight excluding hydrogens is 310 g/mol. The summed E-state index contributed by atoms with van der Waals surface area (Å²) in [6.07, 6.45) is 4.14. The second-order valence-electron chi connectivity index (χ2n) is 7.37. The molecule has 0 bridgehead atoms. The second-order valence-corrected chi connectivity index (χ2v) is 13.0. The van der Waals surface area contributed by atoms with Crippen LogP contribution in [0.5, 0.6) is 0 Å². The fraction of sp³-hybridized carbons (Fsp3) is 0.750. The summed E-state index contributed by atoms with van der Waals surface area (Å²) in [6.45, 7) is 9.88. The predicted molar refractivity (Wildman–Crippen MR) is 93.8 cm³/mol. The molecule has 1 N–H and O–H groups in total. The minimum Gasteiger partial charge on any atom is -0.367 e. The molecular formula is C16H29N3O3Si. The topological polar surface area (TPSA) is 65.4 Å². The van der Waals surface area contributed by atoms with Crippen LogP contribution in [0.1, 0.15) is 19.3 Å². The normalized spacial score (nSPS) is 21.7. The van der Waals surface area contributed by atoms with Gasteiger partial charge in [-0.05, 0) is 18.9 Å². The number of aliphatic imine (C=N–C) groups is 1. The van der Waals surface area contributed by atoms with E-state index in [1.807, 2.05) is 6.20 Å². The van der Waals surface area contributed by atoms with Gasteiger partial charge in [-0.3, -0.25) is 0 Å². The van der Waals surface area contributed by atoms with Crippen molar-refractivity contribution in [2.24, 2.45) is 4.99 Å². The van der Waals surface area contributed by atoms with Crippen molar-refractivity contribution in [2.75, 3.05) is 26.4 Å². The number of rotatable bonds is 8. The van der Waals surface area contributed by atoms with Gasteiger partial charge in [-0.1, -0.05) is 19.6 Å². The lowest BCUT2D eigenvalue weighted by Crippen LogP contribution is -2.53. The summed E-state index contributed by atoms with van der Waals surface area (Å²) in [6, 6.07) is 1.10. The first-order valence-corrected chi connectivity index (χ1v) is 12.1. The quantitative estimate of drug-likeness (QED) is 0.415. The van der Waals surface area contributed by atoms with Crippen molar-refractivity contribution < 1.29 is 14.6 Å². The smallest absolute Gasteiger partial charge is 0.187 e. The van der Waals surface area contributed by atoms with Crippen LogP contribution in [0.15, 0.2) is 16.9 Å². The van der Waals surface area contributed by atoms with Gasteiger partial charge in [0.1, 0.15) is 13.0 Å². The molecule has 2 aliphatic heterocycles. The van der Waals surface area contributed by atoms with Gasteiger partial charge in [-0.25, -0.2) is 4.99 Å². The third-order valence-electron chi connectivity index (χ3n) is 4.05. The van der Waals surface area contributed by atoms with E-state index in [9.17, 15) is 9.90 Å². The molecule has 1 atom stereocenters. The molecule has 2 aliphatic rings. The third kappa shape index (κ3) is 5.44. The third-order valence-corrected chi connectivity index (χ3v) is 5.76. The summed E-state index contributed by atoms with van der Waals surface area (Å²) in [4.78, 5) is 19.0. The number of aliphatic hydroxyl groups is 1. The van der Waals surface area contributed by atoms with Gasteiger partial charge < -0.3 is 24.4 Å². The molecule has 0 spiro atoms. The van der Waals surface area contributed by atoms with Crippen LogP contribution in [-0.2, 0) is 9.53 Å². The molecule has 0 aromatic carbocycles. The monoisotopic (exact) mass is 339 g/mol. The van der Waals surface area contributed by atoms with E-state index in [-0.39, 0.29) is 0 Å². The average Bonchev–Trinajstić information content (AvgIpc) is 2.42. The zero-order valence-electron chi connectivity index (χ0n) is 14.5. The summed E-state index contributed by atoms with van der Waals surface area (Å²) in [5, 5.41) is 10.5. The Balaban J connectivity index is 1.95. The molecule has 0 amide bonds. The van der Waals surface area contributed by atoms with Gasteiger partial charge in [0.2, 0.25) is 0 Å². The lowest BCUT2D eigenvalue weighted by atomic mass is 10.1. The summed E-state index contributed by atoms with van der Waals surface area (Å²) < 4.78 is 5.77. The lowest BCUT2D eigenvalue weighted by Gasteiger charge is -2.40. The number of carbonyl (C=O) groups is 1. The summed E-state index contributed by atoms with van der Waals surface area (Å²) in [5.74, 6) is 0.688. The summed E-state index contributed by atoms with van der Waals surface area (Å²) in [5.41, 5.74) is 0.832. The molecule has 0 aromatic rings. The van der Waals surface area contributed by atoms with Crippen LogP contribution in [0.25, 0.3) is 0 Å². The summed E-state index contributed by atoms with van der Waals surface area (Å²) >= 11 is 0. The Labute approximate surface area is 139 Å². The van der Waals surface area contributed by atoms with Crippen LogP contribution in [-0.4, -0.2) is 67.8 Å². The molecule has 6 nitrogen and oxygen atoms in total. The van der Waals surface area contributed by atoms with Gasteiger partial charge in [0.25, 0.3) is 0 Å². The first-order chi connectivity index (χ1) is 10.9. The van der Waals surface area contributed by atoms with E-state index in [0.29, 0.717) is 32.0 Å². The SMILES string of the molecule is C[Si](C)(C)CCOCN1C=C(CCC=O)N=C(N2CCC2)C1O. The van der Waals surface area contributed by atoms with Crippen LogP contribution in [0.2, 0.25) is 25.7 Å². The molecule has 1 saturated heterocycles. The number of likely N-dealkylation sites (tertiary alicyclic amines) is 1. The first kappa shape index (κ1) is 18.2. The molecule has 2 rings (SSSR count). The Bertz CT molecular complexity index is 470. The zero-order valence-corrected chi connectivity index (χ0v) is 15.5. The fourth-order valence-corrected chi connectivity index (χ4v) is 3.16. The molecule has 0 aromatic heterocycles. The number of allylic oxidation sites excluding steroid dienone is 1. The Kier molecular flexibility index (Phi) is 6.38. The Morgan fingerprint density at radius 2 is 2.17 bits per heavy atom. The van der Waals surface area contributed by atoms with Gasteiger partial charge in [0.05, 0.1) is 5.70 Å². The van der Waals surface area contributed by atoms with Gasteiger partial charge in [0, 0.05) is 40.4 Å². The number of carbonyl (C=O) groups excluding carboxylic acids is 1. The maximum absolute atomic E-state index is 10.6. The van der Waals surface area contributed by atoms with Gasteiger partial charge >= 0.3 is 0 Å². The van der Waals surface area contributed by atoms with E-state index in [2.05, 4.69) is 29.5 Å². The van der Waals surface area contributed by atoms with Crippen LogP contribution >= 0.6 is 0 Å². The first-order valence-electron chi connectivity index (χ1n) is 8.40. The fourth-order valence-electron chi connectivity index (χ4n) is 2.41. The van der Waals surface area contributed by atoms with Crippen molar-refractivity contribution in [1.29, 1.82) is 0 Å². The van der Waals surface area contributed by atoms with Crippen molar-refractivity contribution in [1.82, 2.24) is 9.80 Å². The largest absolute Gasteiger partial charge is 0.367 e. The van der Waals surface area contributed by atoms with Gasteiger partial charge in [-0.15, -0.1) is 0 Å². The van der Waals surface area contributed by atoms with E-state index in [1.165, 1.54) is 0 Å². The molecule has 0 saturated carbocycles. The van der Waals surface area contributed by atoms with Gasteiger partial charge in [-0.2, -0.15) is 0 Å². The minimum absolute atomic E-state index is 0.350. The Morgan fingerprint density at radius 1 is 1.43 bits per heavy atom. The van der Waals surface area contributed by atoms with Crippen LogP contribution in [0.4, 0.5) is 0 Å². The number of amidine groups is 1. The van der Waals surface area contributed by atoms with E-state index >= 15 is 0 Å². The highest BCUT2D eigenvalue weighted by molar-refractivity contribution is 6.76. The van der Waals surface area contributed by atoms with Crippen molar-refractivity contribution in [2.45, 2.75) is 51.2 Å². The molecule has 0 radical (unpaired) electrons. The van der Waals surface area contributed by atoms with Crippen molar-refractivity contribution in [3.63, 3.8) is 0 Å². The zero-order chi connectivity index (χ0) is 16.9. The van der Waals surface area contributed by atoms with Crippen molar-refractivity contribution in [3.05, 3.63) is 11.9 Å². The predicted octanol–water partition coefficient (Wildman–Crippen LogP) is 1.86. The number of hydrogen-bond donors (Lipinski definition) is 1. The molecule has 1 fully saturated rings. The second kappa shape index (κ2) is 8.08. The molecule has 0 aliphatic carbocycles. The lowest BCUT2D eigenvalue weighted by molar-refractivity contribution is -0.107. The van der Waals surface area contributed by atoms with E-state index < -0.39 is 14.3 Å². The van der Waals surface area contributed by atoms with Crippen LogP contribution < -0.4 is 0 Å². The van der Waals surface area contributed by atoms with E-state index in [1.54, 1.807) is 4.90 Å². The average molecular weight is 340 g/mol. The van der Waals surface area contributed by atoms with Crippen LogP contribution in [0, 0.1) is 0 Å². The van der Waals surface area contributed by atoms with E-state index in [0.717, 1.165) is 37.5 Å². The van der Waals surface area contributed by atoms with Crippen molar-refractivity contribution in [3.8, 4) is 0 Å². The molecule has 2 heterocycles. The van der Waals surface area contributed by atoms with Crippen LogP contribution in [0.3, 0.4) is 0 Å². The molecule has 23 heavy (non-hydrogen) atoms. The maximum atomic E-state index is 10.6. The highest BCUT2D eigenvalue weighted by atomic mass is 28.3.